The van der Waals surface area contributed by atoms with Crippen molar-refractivity contribution < 1.29 is 19.1 Å². The summed E-state index contributed by atoms with van der Waals surface area (Å²) in [6.45, 7) is 6.23. The van der Waals surface area contributed by atoms with Gasteiger partial charge in [-0.05, 0) is 31.0 Å². The zero-order valence-corrected chi connectivity index (χ0v) is 15.6. The summed E-state index contributed by atoms with van der Waals surface area (Å²) in [6, 6.07) is 3.55. The molecule has 2 amide bonds. The third-order valence-corrected chi connectivity index (χ3v) is 4.61. The summed E-state index contributed by atoms with van der Waals surface area (Å²) in [5, 5.41) is 0. The molecular weight excluding hydrogens is 320 g/mol. The van der Waals surface area contributed by atoms with Gasteiger partial charge in [0, 0.05) is 32.6 Å². The van der Waals surface area contributed by atoms with Gasteiger partial charge in [0.05, 0.1) is 19.8 Å². The molecule has 2 rings (SSSR count). The van der Waals surface area contributed by atoms with Crippen molar-refractivity contribution in [2.45, 2.75) is 33.1 Å². The van der Waals surface area contributed by atoms with E-state index in [1.54, 1.807) is 25.2 Å². The molecule has 1 heterocycles. The molecule has 1 aliphatic heterocycles. The monoisotopic (exact) mass is 348 g/mol. The predicted octanol–water partition coefficient (Wildman–Crippen LogP) is 2.49. The second-order valence-electron chi connectivity index (χ2n) is 6.30. The van der Waals surface area contributed by atoms with E-state index in [0.717, 1.165) is 18.4 Å². The first-order valence-electron chi connectivity index (χ1n) is 8.81. The van der Waals surface area contributed by atoms with Crippen LogP contribution in [-0.4, -0.2) is 62.0 Å². The standard InChI is InChI=1S/C19H28N2O4/c1-5-6-7-18(22)20-8-10-21(11-9-20)19(23)15-13-16(24-3)14(2)12-17(15)25-4/h12-13H,5-11H2,1-4H3. The van der Waals surface area contributed by atoms with Crippen molar-refractivity contribution >= 4 is 11.8 Å². The van der Waals surface area contributed by atoms with Crippen LogP contribution < -0.4 is 9.47 Å². The van der Waals surface area contributed by atoms with Crippen molar-refractivity contribution in [2.75, 3.05) is 40.4 Å². The summed E-state index contributed by atoms with van der Waals surface area (Å²) < 4.78 is 10.7. The third kappa shape index (κ3) is 4.44. The highest BCUT2D eigenvalue weighted by Gasteiger charge is 2.26. The van der Waals surface area contributed by atoms with Crippen LogP contribution in [0.4, 0.5) is 0 Å². The molecule has 0 aliphatic carbocycles. The molecule has 6 heteroatoms. The lowest BCUT2D eigenvalue weighted by Gasteiger charge is -2.35. The first kappa shape index (κ1) is 19.1. The Morgan fingerprint density at radius 3 is 2.16 bits per heavy atom. The SMILES string of the molecule is CCCCC(=O)N1CCN(C(=O)c2cc(OC)c(C)cc2OC)CC1. The normalized spacial score (nSPS) is 14.4. The maximum atomic E-state index is 12.9. The van der Waals surface area contributed by atoms with Crippen molar-refractivity contribution in [2.24, 2.45) is 0 Å². The number of aryl methyl sites for hydroxylation is 1. The molecular formula is C19H28N2O4. The quantitative estimate of drug-likeness (QED) is 0.792. The average Bonchev–Trinajstić information content (AvgIpc) is 2.65. The molecule has 0 saturated carbocycles. The van der Waals surface area contributed by atoms with Gasteiger partial charge >= 0.3 is 0 Å². The van der Waals surface area contributed by atoms with Gasteiger partial charge in [-0.2, -0.15) is 0 Å². The Morgan fingerprint density at radius 2 is 1.60 bits per heavy atom. The van der Waals surface area contributed by atoms with Crippen LogP contribution >= 0.6 is 0 Å². The minimum absolute atomic E-state index is 0.0872. The number of amides is 2. The van der Waals surface area contributed by atoms with Crippen molar-refractivity contribution in [1.82, 2.24) is 9.80 Å². The molecule has 1 saturated heterocycles. The molecule has 0 bridgehead atoms. The molecule has 138 valence electrons. The molecule has 1 fully saturated rings. The van der Waals surface area contributed by atoms with Crippen LogP contribution in [0.2, 0.25) is 0 Å². The van der Waals surface area contributed by atoms with Crippen LogP contribution in [0.1, 0.15) is 42.1 Å². The fourth-order valence-corrected chi connectivity index (χ4v) is 3.03. The number of carbonyl (C=O) groups excluding carboxylic acids is 2. The molecule has 0 radical (unpaired) electrons. The third-order valence-electron chi connectivity index (χ3n) is 4.61. The molecule has 0 aromatic heterocycles. The van der Waals surface area contributed by atoms with Crippen LogP contribution in [0, 0.1) is 6.92 Å². The lowest BCUT2D eigenvalue weighted by Crippen LogP contribution is -2.50. The molecule has 6 nitrogen and oxygen atoms in total. The van der Waals surface area contributed by atoms with Gasteiger partial charge in [-0.25, -0.2) is 0 Å². The molecule has 0 atom stereocenters. The molecule has 0 unspecified atom stereocenters. The number of piperazine rings is 1. The predicted molar refractivity (Wildman–Crippen MR) is 96.3 cm³/mol. The summed E-state index contributed by atoms with van der Waals surface area (Å²) >= 11 is 0. The zero-order chi connectivity index (χ0) is 18.4. The van der Waals surface area contributed by atoms with Gasteiger partial charge in [0.15, 0.2) is 0 Å². The Hall–Kier alpha value is -2.24. The van der Waals surface area contributed by atoms with Crippen LogP contribution in [0.25, 0.3) is 0 Å². The van der Waals surface area contributed by atoms with E-state index in [1.807, 2.05) is 17.9 Å². The van der Waals surface area contributed by atoms with E-state index in [0.29, 0.717) is 49.7 Å². The van der Waals surface area contributed by atoms with Crippen molar-refractivity contribution in [3.63, 3.8) is 0 Å². The van der Waals surface area contributed by atoms with Gasteiger partial charge in [-0.1, -0.05) is 13.3 Å². The molecule has 1 aromatic rings. The van der Waals surface area contributed by atoms with E-state index >= 15 is 0 Å². The van der Waals surface area contributed by atoms with Gasteiger partial charge in [0.2, 0.25) is 5.91 Å². The maximum Gasteiger partial charge on any atom is 0.257 e. The number of carbonyl (C=O) groups is 2. The number of hydrogen-bond acceptors (Lipinski definition) is 4. The number of hydrogen-bond donors (Lipinski definition) is 0. The summed E-state index contributed by atoms with van der Waals surface area (Å²) in [5.74, 6) is 1.31. The summed E-state index contributed by atoms with van der Waals surface area (Å²) in [5.41, 5.74) is 1.41. The Bertz CT molecular complexity index is 622. The highest BCUT2D eigenvalue weighted by atomic mass is 16.5. The molecule has 1 aromatic carbocycles. The Labute approximate surface area is 149 Å². The smallest absolute Gasteiger partial charge is 0.257 e. The van der Waals surface area contributed by atoms with Gasteiger partial charge in [-0.15, -0.1) is 0 Å². The van der Waals surface area contributed by atoms with E-state index < -0.39 is 0 Å². The van der Waals surface area contributed by atoms with Gasteiger partial charge in [0.1, 0.15) is 11.5 Å². The fourth-order valence-electron chi connectivity index (χ4n) is 3.03. The van der Waals surface area contributed by atoms with Crippen LogP contribution in [0.15, 0.2) is 12.1 Å². The van der Waals surface area contributed by atoms with E-state index in [1.165, 1.54) is 0 Å². The molecule has 0 N–H and O–H groups in total. The van der Waals surface area contributed by atoms with Crippen molar-refractivity contribution in [1.29, 1.82) is 0 Å². The number of unbranched alkanes of at least 4 members (excludes halogenated alkanes) is 1. The first-order valence-corrected chi connectivity index (χ1v) is 8.81. The number of benzene rings is 1. The highest BCUT2D eigenvalue weighted by molar-refractivity contribution is 5.97. The largest absolute Gasteiger partial charge is 0.496 e. The summed E-state index contributed by atoms with van der Waals surface area (Å²) in [4.78, 5) is 28.6. The number of nitrogens with zero attached hydrogens (tertiary/aromatic N) is 2. The maximum absolute atomic E-state index is 12.9. The van der Waals surface area contributed by atoms with E-state index in [-0.39, 0.29) is 11.8 Å². The molecule has 0 spiro atoms. The summed E-state index contributed by atoms with van der Waals surface area (Å²) in [7, 11) is 3.14. The van der Waals surface area contributed by atoms with Gasteiger partial charge < -0.3 is 19.3 Å². The minimum Gasteiger partial charge on any atom is -0.496 e. The lowest BCUT2D eigenvalue weighted by atomic mass is 10.1. The van der Waals surface area contributed by atoms with Crippen molar-refractivity contribution in [3.8, 4) is 11.5 Å². The highest BCUT2D eigenvalue weighted by Crippen LogP contribution is 2.29. The van der Waals surface area contributed by atoms with E-state index in [2.05, 4.69) is 6.92 Å². The molecule has 25 heavy (non-hydrogen) atoms. The Kier molecular flexibility index (Phi) is 6.67. The van der Waals surface area contributed by atoms with Crippen LogP contribution in [-0.2, 0) is 4.79 Å². The molecule has 1 aliphatic rings. The number of rotatable bonds is 6. The Morgan fingerprint density at radius 1 is 1.00 bits per heavy atom. The number of ether oxygens (including phenoxy) is 2. The first-order chi connectivity index (χ1) is 12.0. The minimum atomic E-state index is -0.0872. The van der Waals surface area contributed by atoms with Gasteiger partial charge in [0.25, 0.3) is 5.91 Å². The second-order valence-corrected chi connectivity index (χ2v) is 6.30. The van der Waals surface area contributed by atoms with E-state index in [4.69, 9.17) is 9.47 Å². The number of methoxy groups -OCH3 is 2. The van der Waals surface area contributed by atoms with E-state index in [9.17, 15) is 9.59 Å². The lowest BCUT2D eigenvalue weighted by molar-refractivity contribution is -0.132. The zero-order valence-electron chi connectivity index (χ0n) is 15.6. The van der Waals surface area contributed by atoms with Crippen LogP contribution in [0.3, 0.4) is 0 Å². The van der Waals surface area contributed by atoms with Gasteiger partial charge in [-0.3, -0.25) is 9.59 Å². The topological polar surface area (TPSA) is 59.1 Å². The average molecular weight is 348 g/mol. The Balaban J connectivity index is 2.06. The summed E-state index contributed by atoms with van der Waals surface area (Å²) in [6.07, 6.45) is 2.52. The van der Waals surface area contributed by atoms with Crippen LogP contribution in [0.5, 0.6) is 11.5 Å². The second kappa shape index (κ2) is 8.74. The fraction of sp³-hybridized carbons (Fsp3) is 0.579. The van der Waals surface area contributed by atoms with Crippen molar-refractivity contribution in [3.05, 3.63) is 23.3 Å².